The Morgan fingerprint density at radius 2 is 0.758 bits per heavy atom. The average Bonchev–Trinajstić information content (AvgIpc) is 3.90. The Hall–Kier alpha value is -9.22. The van der Waals surface area contributed by atoms with Gasteiger partial charge in [0.25, 0.3) is 0 Å². The molecule has 2 aromatic heterocycles. The van der Waals surface area contributed by atoms with E-state index in [9.17, 15) is 11.8 Å². The van der Waals surface area contributed by atoms with Crippen molar-refractivity contribution in [3.63, 3.8) is 0 Å². The lowest BCUT2D eigenvalue weighted by molar-refractivity contribution is 1.13. The Balaban J connectivity index is 1.30. The molecule has 4 heteroatoms. The van der Waals surface area contributed by atoms with E-state index in [4.69, 9.17) is 0 Å². The molecule has 0 N–H and O–H groups in total. The highest BCUT2D eigenvalue weighted by molar-refractivity contribution is 6.34. The van der Waals surface area contributed by atoms with Crippen molar-refractivity contribution in [2.24, 2.45) is 0 Å². The topological polar surface area (TPSA) is 38.0 Å². The Labute approximate surface area is 380 Å². The molecule has 0 spiro atoms. The van der Waals surface area contributed by atoms with Gasteiger partial charge in [-0.25, -0.2) is 4.85 Å². The molecule has 66 heavy (non-hydrogen) atoms. The fourth-order valence-electron chi connectivity index (χ4n) is 10.8. The summed E-state index contributed by atoms with van der Waals surface area (Å²) in [5, 5.41) is 21.1. The van der Waals surface area contributed by atoms with E-state index in [0.717, 1.165) is 105 Å². The summed E-state index contributed by atoms with van der Waals surface area (Å²) in [7, 11) is 0. The second-order valence-electron chi connectivity index (χ2n) is 16.9. The van der Waals surface area contributed by atoms with E-state index >= 15 is 0 Å². The van der Waals surface area contributed by atoms with Gasteiger partial charge in [0, 0.05) is 32.7 Å². The molecule has 0 fully saturated rings. The van der Waals surface area contributed by atoms with Crippen LogP contribution in [0.3, 0.4) is 0 Å². The van der Waals surface area contributed by atoms with Crippen LogP contribution in [-0.4, -0.2) is 9.13 Å². The quantitative estimate of drug-likeness (QED) is 0.121. The molecule has 0 atom stereocenters. The molecule has 2 heterocycles. The van der Waals surface area contributed by atoms with Crippen molar-refractivity contribution in [3.05, 3.63) is 235 Å². The standard InChI is InChI=1S/C62H36N4/c1-64-60-56(41-22-10-4-11-23-41)51(38-63)61(66-54-36-43(39-18-6-2-7-19-39)32-34-47(54)48-35-33-44(37-55(48)66)40-20-8-3-9-21-40)57(42-24-12-5-13-25-42)62(60)65-52-30-16-28-49-45-26-14-15-27-46(45)50-29-17-31-53(65)59(50)58(49)52/h2-37H. The number of aromatic nitrogens is 2. The van der Waals surface area contributed by atoms with E-state index in [-0.39, 0.29) is 0 Å². The summed E-state index contributed by atoms with van der Waals surface area (Å²) in [6.07, 6.45) is 0. The zero-order chi connectivity index (χ0) is 43.9. The second-order valence-corrected chi connectivity index (χ2v) is 16.9. The Morgan fingerprint density at radius 1 is 0.348 bits per heavy atom. The Bertz CT molecular complexity index is 3970. The number of nitrogens with zero attached hydrogens (tertiary/aromatic N) is 4. The molecule has 0 aliphatic heterocycles. The lowest BCUT2D eigenvalue weighted by Crippen LogP contribution is -2.08. The molecule has 304 valence electrons. The third-order valence-corrected chi connectivity index (χ3v) is 13.5. The first kappa shape index (κ1) is 37.3. The van der Waals surface area contributed by atoms with Crippen LogP contribution in [0.5, 0.6) is 0 Å². The van der Waals surface area contributed by atoms with Gasteiger partial charge in [-0.15, -0.1) is 0 Å². The predicted molar refractivity (Wildman–Crippen MR) is 274 cm³/mol. The summed E-state index contributed by atoms with van der Waals surface area (Å²) in [4.78, 5) is 4.53. The van der Waals surface area contributed by atoms with Crippen LogP contribution in [0.25, 0.3) is 126 Å². The van der Waals surface area contributed by atoms with Crippen LogP contribution in [-0.2, 0) is 0 Å². The van der Waals surface area contributed by atoms with Crippen LogP contribution in [0.15, 0.2) is 218 Å². The van der Waals surface area contributed by atoms with E-state index < -0.39 is 0 Å². The van der Waals surface area contributed by atoms with Crippen LogP contribution in [0, 0.1) is 17.9 Å². The van der Waals surface area contributed by atoms with Crippen molar-refractivity contribution < 1.29 is 0 Å². The van der Waals surface area contributed by atoms with Crippen molar-refractivity contribution in [2.75, 3.05) is 0 Å². The summed E-state index contributed by atoms with van der Waals surface area (Å²) in [6, 6.07) is 79.3. The summed E-state index contributed by atoms with van der Waals surface area (Å²) < 4.78 is 4.65. The van der Waals surface area contributed by atoms with Crippen molar-refractivity contribution in [2.45, 2.75) is 0 Å². The fraction of sp³-hybridized carbons (Fsp3) is 0. The largest absolute Gasteiger partial charge is 0.318 e. The number of fused-ring (bicyclic) bond motifs is 6. The highest BCUT2D eigenvalue weighted by Crippen LogP contribution is 2.53. The van der Waals surface area contributed by atoms with Gasteiger partial charge in [-0.3, -0.25) is 0 Å². The van der Waals surface area contributed by atoms with E-state index in [0.29, 0.717) is 16.8 Å². The number of hydrogen-bond acceptors (Lipinski definition) is 1. The molecule has 11 aromatic carbocycles. The molecule has 4 nitrogen and oxygen atoms in total. The van der Waals surface area contributed by atoms with Crippen LogP contribution in [0.4, 0.5) is 5.69 Å². The number of nitriles is 1. The fourth-order valence-corrected chi connectivity index (χ4v) is 10.8. The van der Waals surface area contributed by atoms with E-state index in [1.54, 1.807) is 0 Å². The van der Waals surface area contributed by atoms with E-state index in [2.05, 4.69) is 190 Å². The second kappa shape index (κ2) is 14.7. The molecule has 0 saturated heterocycles. The molecule has 0 saturated carbocycles. The molecule has 0 amide bonds. The smallest absolute Gasteiger partial charge is 0.220 e. The van der Waals surface area contributed by atoms with E-state index in [1.165, 1.54) is 10.8 Å². The van der Waals surface area contributed by atoms with Gasteiger partial charge < -0.3 is 9.13 Å². The van der Waals surface area contributed by atoms with Crippen molar-refractivity contribution >= 4 is 70.8 Å². The number of rotatable bonds is 6. The van der Waals surface area contributed by atoms with Crippen LogP contribution >= 0.6 is 0 Å². The van der Waals surface area contributed by atoms with Gasteiger partial charge in [-0.05, 0) is 79.2 Å². The maximum absolute atomic E-state index is 11.9. The van der Waals surface area contributed by atoms with Gasteiger partial charge in [-0.1, -0.05) is 194 Å². The highest BCUT2D eigenvalue weighted by Gasteiger charge is 2.32. The number of hydrogen-bond donors (Lipinski definition) is 0. The minimum absolute atomic E-state index is 0.419. The molecule has 0 bridgehead atoms. The van der Waals surface area contributed by atoms with Crippen molar-refractivity contribution in [1.82, 2.24) is 9.13 Å². The molecule has 0 aliphatic rings. The van der Waals surface area contributed by atoms with Crippen molar-refractivity contribution in [1.29, 1.82) is 5.26 Å². The van der Waals surface area contributed by atoms with Crippen LogP contribution in [0.2, 0.25) is 0 Å². The molecule has 0 radical (unpaired) electrons. The summed E-state index contributed by atoms with van der Waals surface area (Å²) in [6.45, 7) is 9.28. The van der Waals surface area contributed by atoms with Gasteiger partial charge in [0.2, 0.25) is 5.69 Å². The molecule has 0 unspecified atom stereocenters. The molecular weight excluding hydrogens is 801 g/mol. The van der Waals surface area contributed by atoms with Gasteiger partial charge in [0.15, 0.2) is 0 Å². The Kier molecular flexibility index (Phi) is 8.31. The summed E-state index contributed by atoms with van der Waals surface area (Å²) in [5.41, 5.74) is 13.7. The zero-order valence-corrected chi connectivity index (χ0v) is 35.6. The van der Waals surface area contributed by atoms with Gasteiger partial charge in [0.05, 0.1) is 45.6 Å². The first-order valence-corrected chi connectivity index (χ1v) is 22.2. The normalized spacial score (nSPS) is 11.6. The minimum Gasteiger partial charge on any atom is -0.318 e. The summed E-state index contributed by atoms with van der Waals surface area (Å²) in [5.74, 6) is 0. The maximum atomic E-state index is 11.9. The average molecular weight is 837 g/mol. The predicted octanol–water partition coefficient (Wildman–Crippen LogP) is 16.7. The first-order valence-electron chi connectivity index (χ1n) is 22.2. The van der Waals surface area contributed by atoms with Crippen LogP contribution < -0.4 is 0 Å². The first-order chi connectivity index (χ1) is 32.7. The number of benzene rings is 11. The maximum Gasteiger partial charge on any atom is 0.220 e. The Morgan fingerprint density at radius 3 is 1.21 bits per heavy atom. The van der Waals surface area contributed by atoms with Crippen LogP contribution in [0.1, 0.15) is 5.56 Å². The highest BCUT2D eigenvalue weighted by atomic mass is 15.0. The molecule has 13 aromatic rings. The molecule has 0 aliphatic carbocycles. The SMILES string of the molecule is [C-]#[N+]c1c(-c2ccccc2)c(C#N)c(-n2c3cc(-c4ccccc4)ccc3c3ccc(-c4ccccc4)cc32)c(-c2ccccc2)c1-n1c2cccc3c4ccccc4c4cccc1c4c32. The third kappa shape index (κ3) is 5.37. The third-order valence-electron chi connectivity index (χ3n) is 13.5. The van der Waals surface area contributed by atoms with Gasteiger partial charge >= 0.3 is 0 Å². The van der Waals surface area contributed by atoms with Gasteiger partial charge in [-0.2, -0.15) is 5.26 Å². The molecular formula is C62H36N4. The lowest BCUT2D eigenvalue weighted by atomic mass is 9.88. The van der Waals surface area contributed by atoms with E-state index in [1.807, 2.05) is 48.5 Å². The monoisotopic (exact) mass is 836 g/mol. The van der Waals surface area contributed by atoms with Crippen molar-refractivity contribution in [3.8, 4) is 62.0 Å². The lowest BCUT2D eigenvalue weighted by Gasteiger charge is -2.26. The molecule has 13 rings (SSSR count). The zero-order valence-electron chi connectivity index (χ0n) is 35.6. The minimum atomic E-state index is 0.419. The summed E-state index contributed by atoms with van der Waals surface area (Å²) >= 11 is 0. The van der Waals surface area contributed by atoms with Gasteiger partial charge in [0.1, 0.15) is 6.07 Å².